The zero-order valence-corrected chi connectivity index (χ0v) is 11.9. The lowest BCUT2D eigenvalue weighted by Crippen LogP contribution is -2.38. The number of carbonyl (C=O) groups excluding carboxylic acids is 1. The molecule has 2 rings (SSSR count). The second kappa shape index (κ2) is 5.90. The van der Waals surface area contributed by atoms with Gasteiger partial charge in [0, 0.05) is 24.2 Å². The van der Waals surface area contributed by atoms with Crippen molar-refractivity contribution in [2.45, 2.75) is 25.5 Å². The largest absolute Gasteiger partial charge is 0.394 e. The van der Waals surface area contributed by atoms with Crippen molar-refractivity contribution in [3.63, 3.8) is 0 Å². The molecule has 4 nitrogen and oxygen atoms in total. The standard InChI is InChI=1S/C14H18ClNO3/c1-9-3-10(5-11(15)4-9)14(18)16-7-13(19-2)6-12(16)8-17/h3-5,12-13,17H,6-8H2,1-2H3/t12-,13+/m0/s1. The fraction of sp³-hybridized carbons (Fsp3) is 0.500. The zero-order chi connectivity index (χ0) is 14.0. The number of carbonyl (C=O) groups is 1. The fourth-order valence-corrected chi connectivity index (χ4v) is 2.78. The third-order valence-electron chi connectivity index (χ3n) is 3.47. The Morgan fingerprint density at radius 2 is 2.26 bits per heavy atom. The number of aliphatic hydroxyl groups is 1. The average Bonchev–Trinajstić information content (AvgIpc) is 2.80. The van der Waals surface area contributed by atoms with Crippen LogP contribution >= 0.6 is 11.6 Å². The molecule has 1 aromatic carbocycles. The topological polar surface area (TPSA) is 49.8 Å². The van der Waals surface area contributed by atoms with Crippen LogP contribution in [0.5, 0.6) is 0 Å². The SMILES string of the molecule is CO[C@@H]1C[C@@H](CO)N(C(=O)c2cc(C)cc(Cl)c2)C1. The van der Waals surface area contributed by atoms with Gasteiger partial charge < -0.3 is 14.7 Å². The molecule has 1 aromatic rings. The van der Waals surface area contributed by atoms with Gasteiger partial charge >= 0.3 is 0 Å². The minimum absolute atomic E-state index is 0.0126. The predicted octanol–water partition coefficient (Wildman–Crippen LogP) is 1.87. The second-order valence-electron chi connectivity index (χ2n) is 4.90. The van der Waals surface area contributed by atoms with E-state index in [4.69, 9.17) is 16.3 Å². The molecule has 0 spiro atoms. The molecule has 0 aromatic heterocycles. The highest BCUT2D eigenvalue weighted by Crippen LogP contribution is 2.23. The van der Waals surface area contributed by atoms with E-state index in [0.717, 1.165) is 5.56 Å². The predicted molar refractivity (Wildman–Crippen MR) is 73.5 cm³/mol. The molecular weight excluding hydrogens is 266 g/mol. The van der Waals surface area contributed by atoms with E-state index in [1.807, 2.05) is 19.1 Å². The smallest absolute Gasteiger partial charge is 0.254 e. The lowest BCUT2D eigenvalue weighted by atomic mass is 10.1. The van der Waals surface area contributed by atoms with Crippen LogP contribution in [0.1, 0.15) is 22.3 Å². The Bertz CT molecular complexity index is 458. The summed E-state index contributed by atoms with van der Waals surface area (Å²) in [6.45, 7) is 2.35. The van der Waals surface area contributed by atoms with Gasteiger partial charge in [-0.1, -0.05) is 11.6 Å². The molecule has 0 saturated carbocycles. The number of benzene rings is 1. The maximum Gasteiger partial charge on any atom is 0.254 e. The van der Waals surface area contributed by atoms with E-state index < -0.39 is 0 Å². The van der Waals surface area contributed by atoms with Gasteiger partial charge in [-0.3, -0.25) is 4.79 Å². The molecular formula is C14H18ClNO3. The van der Waals surface area contributed by atoms with Crippen molar-refractivity contribution in [3.05, 3.63) is 34.3 Å². The molecule has 1 saturated heterocycles. The Labute approximate surface area is 117 Å². The third-order valence-corrected chi connectivity index (χ3v) is 3.69. The van der Waals surface area contributed by atoms with Gasteiger partial charge in [0.1, 0.15) is 0 Å². The van der Waals surface area contributed by atoms with Gasteiger partial charge in [-0.25, -0.2) is 0 Å². The molecule has 0 unspecified atom stereocenters. The van der Waals surface area contributed by atoms with Crippen LogP contribution in [0.3, 0.4) is 0 Å². The monoisotopic (exact) mass is 283 g/mol. The Morgan fingerprint density at radius 3 is 2.84 bits per heavy atom. The van der Waals surface area contributed by atoms with Gasteiger partial charge in [-0.2, -0.15) is 0 Å². The first-order valence-corrected chi connectivity index (χ1v) is 6.64. The summed E-state index contributed by atoms with van der Waals surface area (Å²) in [5, 5.41) is 9.93. The summed E-state index contributed by atoms with van der Waals surface area (Å²) in [5.41, 5.74) is 1.50. The maximum absolute atomic E-state index is 12.5. The first-order valence-electron chi connectivity index (χ1n) is 6.27. The number of amides is 1. The van der Waals surface area contributed by atoms with Crippen LogP contribution in [-0.4, -0.2) is 48.3 Å². The van der Waals surface area contributed by atoms with Crippen LogP contribution in [0, 0.1) is 6.92 Å². The zero-order valence-electron chi connectivity index (χ0n) is 11.1. The average molecular weight is 284 g/mol. The summed E-state index contributed by atoms with van der Waals surface area (Å²) >= 11 is 5.98. The summed E-state index contributed by atoms with van der Waals surface area (Å²) < 4.78 is 5.28. The minimum atomic E-state index is -0.184. The molecule has 1 fully saturated rings. The molecule has 0 radical (unpaired) electrons. The molecule has 104 valence electrons. The number of hydrogen-bond acceptors (Lipinski definition) is 3. The van der Waals surface area contributed by atoms with Gasteiger partial charge in [0.05, 0.1) is 18.8 Å². The molecule has 1 heterocycles. The van der Waals surface area contributed by atoms with Gasteiger partial charge in [0.25, 0.3) is 5.91 Å². The molecule has 19 heavy (non-hydrogen) atoms. The molecule has 1 amide bonds. The normalized spacial score (nSPS) is 22.8. The van der Waals surface area contributed by atoms with Crippen LogP contribution in [-0.2, 0) is 4.74 Å². The number of aryl methyl sites for hydroxylation is 1. The van der Waals surface area contributed by atoms with Gasteiger partial charge in [0.2, 0.25) is 0 Å². The van der Waals surface area contributed by atoms with Crippen LogP contribution in [0.4, 0.5) is 0 Å². The number of likely N-dealkylation sites (tertiary alicyclic amines) is 1. The Hall–Kier alpha value is -1.10. The molecule has 1 aliphatic rings. The Kier molecular flexibility index (Phi) is 4.45. The van der Waals surface area contributed by atoms with Crippen molar-refractivity contribution in [1.29, 1.82) is 0 Å². The highest BCUT2D eigenvalue weighted by atomic mass is 35.5. The van der Waals surface area contributed by atoms with Crippen LogP contribution in [0.25, 0.3) is 0 Å². The minimum Gasteiger partial charge on any atom is -0.394 e. The van der Waals surface area contributed by atoms with Gasteiger partial charge in [-0.15, -0.1) is 0 Å². The fourth-order valence-electron chi connectivity index (χ4n) is 2.49. The first kappa shape index (κ1) is 14.3. The van der Waals surface area contributed by atoms with Crippen molar-refractivity contribution >= 4 is 17.5 Å². The molecule has 2 atom stereocenters. The second-order valence-corrected chi connectivity index (χ2v) is 5.34. The maximum atomic E-state index is 12.5. The summed E-state index contributed by atoms with van der Waals surface area (Å²) in [4.78, 5) is 14.1. The number of methoxy groups -OCH3 is 1. The van der Waals surface area contributed by atoms with E-state index in [9.17, 15) is 9.90 Å². The van der Waals surface area contributed by atoms with Crippen molar-refractivity contribution in [2.75, 3.05) is 20.3 Å². The first-order chi connectivity index (χ1) is 9.05. The van der Waals surface area contributed by atoms with E-state index in [1.165, 1.54) is 0 Å². The highest BCUT2D eigenvalue weighted by molar-refractivity contribution is 6.31. The van der Waals surface area contributed by atoms with Crippen molar-refractivity contribution in [2.24, 2.45) is 0 Å². The Morgan fingerprint density at radius 1 is 1.53 bits per heavy atom. The molecule has 5 heteroatoms. The van der Waals surface area contributed by atoms with Crippen LogP contribution < -0.4 is 0 Å². The lowest BCUT2D eigenvalue weighted by molar-refractivity contribution is 0.0648. The van der Waals surface area contributed by atoms with Crippen LogP contribution in [0.2, 0.25) is 5.02 Å². The van der Waals surface area contributed by atoms with E-state index >= 15 is 0 Å². The number of ether oxygens (including phenoxy) is 1. The van der Waals surface area contributed by atoms with Crippen molar-refractivity contribution < 1.29 is 14.6 Å². The summed E-state index contributed by atoms with van der Waals surface area (Å²) in [7, 11) is 1.62. The van der Waals surface area contributed by atoms with Gasteiger partial charge in [-0.05, 0) is 37.1 Å². The summed E-state index contributed by atoms with van der Waals surface area (Å²) in [5.74, 6) is -0.107. The van der Waals surface area contributed by atoms with Gasteiger partial charge in [0.15, 0.2) is 0 Å². The van der Waals surface area contributed by atoms with Crippen molar-refractivity contribution in [3.8, 4) is 0 Å². The van der Waals surface area contributed by atoms with Crippen LogP contribution in [0.15, 0.2) is 18.2 Å². The third kappa shape index (κ3) is 3.08. The number of halogens is 1. The summed E-state index contributed by atoms with van der Waals surface area (Å²) in [6.07, 6.45) is 0.652. The van der Waals surface area contributed by atoms with E-state index in [1.54, 1.807) is 18.1 Å². The molecule has 1 aliphatic heterocycles. The highest BCUT2D eigenvalue weighted by Gasteiger charge is 2.35. The van der Waals surface area contributed by atoms with E-state index in [2.05, 4.69) is 0 Å². The summed E-state index contributed by atoms with van der Waals surface area (Å²) in [6, 6.07) is 5.09. The number of aliphatic hydroxyl groups excluding tert-OH is 1. The van der Waals surface area contributed by atoms with E-state index in [0.29, 0.717) is 23.6 Å². The number of nitrogens with zero attached hydrogens (tertiary/aromatic N) is 1. The molecule has 1 N–H and O–H groups in total. The number of rotatable bonds is 3. The molecule has 0 bridgehead atoms. The van der Waals surface area contributed by atoms with E-state index in [-0.39, 0.29) is 24.7 Å². The quantitative estimate of drug-likeness (QED) is 0.921. The molecule has 0 aliphatic carbocycles. The number of hydrogen-bond donors (Lipinski definition) is 1. The van der Waals surface area contributed by atoms with Crippen molar-refractivity contribution in [1.82, 2.24) is 4.90 Å². The lowest BCUT2D eigenvalue weighted by Gasteiger charge is -2.23. The Balaban J connectivity index is 2.23.